The molecule has 0 aliphatic carbocycles. The Morgan fingerprint density at radius 2 is 1.82 bits per heavy atom. The maximum absolute atomic E-state index is 13.2. The second-order valence-electron chi connectivity index (χ2n) is 7.94. The molecule has 5 nitrogen and oxygen atoms in total. The molecule has 0 spiro atoms. The van der Waals surface area contributed by atoms with E-state index < -0.39 is 23.8 Å². The van der Waals surface area contributed by atoms with Gasteiger partial charge in [0.2, 0.25) is 0 Å². The lowest BCUT2D eigenvalue weighted by Crippen LogP contribution is -2.37. The van der Waals surface area contributed by atoms with Crippen LogP contribution in [0.2, 0.25) is 0 Å². The highest BCUT2D eigenvalue weighted by Crippen LogP contribution is 2.31. The summed E-state index contributed by atoms with van der Waals surface area (Å²) in [6.07, 6.45) is -5.32. The van der Waals surface area contributed by atoms with Crippen molar-refractivity contribution in [1.82, 2.24) is 4.90 Å². The van der Waals surface area contributed by atoms with Crippen LogP contribution in [0.15, 0.2) is 66.7 Å². The molecule has 34 heavy (non-hydrogen) atoms. The maximum Gasteiger partial charge on any atom is 0.416 e. The zero-order chi connectivity index (χ0) is 24.5. The quantitative estimate of drug-likeness (QED) is 0.517. The summed E-state index contributed by atoms with van der Waals surface area (Å²) in [7, 11) is 0. The number of hydrogen-bond donors (Lipinski definition) is 1. The molecule has 1 heterocycles. The minimum absolute atomic E-state index is 0.136. The molecular formula is C25H20F4N2O3. The first-order chi connectivity index (χ1) is 16.1. The van der Waals surface area contributed by atoms with Gasteiger partial charge in [0.05, 0.1) is 5.56 Å². The van der Waals surface area contributed by atoms with Crippen molar-refractivity contribution in [2.75, 3.05) is 5.32 Å². The fourth-order valence-corrected chi connectivity index (χ4v) is 3.66. The Hall–Kier alpha value is -3.88. The van der Waals surface area contributed by atoms with E-state index in [4.69, 9.17) is 4.74 Å². The van der Waals surface area contributed by atoms with E-state index >= 15 is 0 Å². The van der Waals surface area contributed by atoms with Crippen LogP contribution in [0, 0.1) is 5.82 Å². The molecule has 3 aromatic rings. The predicted molar refractivity (Wildman–Crippen MR) is 117 cm³/mol. The van der Waals surface area contributed by atoms with Gasteiger partial charge in [-0.2, -0.15) is 13.2 Å². The number of benzene rings is 3. The van der Waals surface area contributed by atoms with Crippen molar-refractivity contribution in [3.8, 4) is 5.75 Å². The number of carbonyl (C=O) groups excluding carboxylic acids is 2. The largest absolute Gasteiger partial charge is 0.481 e. The summed E-state index contributed by atoms with van der Waals surface area (Å²) in [5, 5.41) is 2.59. The first-order valence-electron chi connectivity index (χ1n) is 10.4. The lowest BCUT2D eigenvalue weighted by atomic mass is 10.1. The highest BCUT2D eigenvalue weighted by atomic mass is 19.4. The fourth-order valence-electron chi connectivity index (χ4n) is 3.66. The van der Waals surface area contributed by atoms with Crippen LogP contribution in [0.25, 0.3) is 0 Å². The van der Waals surface area contributed by atoms with Crippen LogP contribution in [-0.2, 0) is 24.1 Å². The molecule has 1 atom stereocenters. The molecule has 1 N–H and O–H groups in total. The second-order valence-corrected chi connectivity index (χ2v) is 7.94. The van der Waals surface area contributed by atoms with Crippen LogP contribution < -0.4 is 10.1 Å². The molecular weight excluding hydrogens is 452 g/mol. The van der Waals surface area contributed by atoms with Crippen LogP contribution in [-0.4, -0.2) is 22.8 Å². The van der Waals surface area contributed by atoms with Gasteiger partial charge in [-0.15, -0.1) is 0 Å². The molecule has 9 heteroatoms. The Bertz CT molecular complexity index is 1230. The molecule has 3 aromatic carbocycles. The third-order valence-corrected chi connectivity index (χ3v) is 5.38. The number of fused-ring (bicyclic) bond motifs is 1. The van der Waals surface area contributed by atoms with Crippen molar-refractivity contribution >= 4 is 17.5 Å². The third kappa shape index (κ3) is 5.19. The normalized spacial score (nSPS) is 15.9. The van der Waals surface area contributed by atoms with Gasteiger partial charge in [-0.1, -0.05) is 18.2 Å². The number of hydrogen-bond acceptors (Lipinski definition) is 3. The van der Waals surface area contributed by atoms with Crippen LogP contribution in [0.3, 0.4) is 0 Å². The van der Waals surface area contributed by atoms with Crippen LogP contribution in [0.5, 0.6) is 5.75 Å². The number of anilines is 1. The zero-order valence-electron chi connectivity index (χ0n) is 18.0. The smallest absolute Gasteiger partial charge is 0.416 e. The molecule has 176 valence electrons. The molecule has 4 rings (SSSR count). The Labute approximate surface area is 193 Å². The Morgan fingerprint density at radius 3 is 2.53 bits per heavy atom. The number of nitrogens with one attached hydrogen (secondary N) is 1. The summed E-state index contributed by atoms with van der Waals surface area (Å²) < 4.78 is 57.9. The first-order valence-corrected chi connectivity index (χ1v) is 10.4. The van der Waals surface area contributed by atoms with Crippen molar-refractivity contribution in [3.63, 3.8) is 0 Å². The fraction of sp³-hybridized carbons (Fsp3) is 0.200. The Kier molecular flexibility index (Phi) is 6.28. The summed E-state index contributed by atoms with van der Waals surface area (Å²) in [6, 6.07) is 14.7. The van der Waals surface area contributed by atoms with Crippen molar-refractivity contribution < 1.29 is 31.9 Å². The Morgan fingerprint density at radius 1 is 1.09 bits per heavy atom. The minimum atomic E-state index is -4.56. The average molecular weight is 472 g/mol. The maximum atomic E-state index is 13.2. The minimum Gasteiger partial charge on any atom is -0.481 e. The van der Waals surface area contributed by atoms with Gasteiger partial charge in [-0.3, -0.25) is 9.59 Å². The third-order valence-electron chi connectivity index (χ3n) is 5.38. The van der Waals surface area contributed by atoms with Gasteiger partial charge < -0.3 is 15.0 Å². The molecule has 0 unspecified atom stereocenters. The van der Waals surface area contributed by atoms with Crippen molar-refractivity contribution in [1.29, 1.82) is 0 Å². The predicted octanol–water partition coefficient (Wildman–Crippen LogP) is 5.41. The molecule has 2 amide bonds. The summed E-state index contributed by atoms with van der Waals surface area (Å²) in [5.41, 5.74) is 0.636. The number of halogens is 4. The standard InChI is InChI=1S/C25H20F4N2O3/c1-15-24(33)31(13-16-5-7-20(26)8-6-16)14-18-12-21(9-10-22(18)34-15)30-23(32)17-3-2-4-19(11-17)25(27,28)29/h2-12,15H,13-14H2,1H3,(H,30,32)/t15-/m0/s1. The van der Waals surface area contributed by atoms with Crippen LogP contribution in [0.1, 0.15) is 34.0 Å². The van der Waals surface area contributed by atoms with Gasteiger partial charge in [-0.05, 0) is 61.0 Å². The van der Waals surface area contributed by atoms with Gasteiger partial charge in [0.15, 0.2) is 6.10 Å². The van der Waals surface area contributed by atoms with Gasteiger partial charge in [0.25, 0.3) is 11.8 Å². The molecule has 0 fully saturated rings. The first kappa shape index (κ1) is 23.3. The number of alkyl halides is 3. The summed E-state index contributed by atoms with van der Waals surface area (Å²) >= 11 is 0. The zero-order valence-corrected chi connectivity index (χ0v) is 18.0. The van der Waals surface area contributed by atoms with E-state index in [0.717, 1.165) is 17.7 Å². The topological polar surface area (TPSA) is 58.6 Å². The lowest BCUT2D eigenvalue weighted by Gasteiger charge is -2.22. The number of amides is 2. The molecule has 0 bridgehead atoms. The van der Waals surface area contributed by atoms with Gasteiger partial charge in [-0.25, -0.2) is 4.39 Å². The van der Waals surface area contributed by atoms with Gasteiger partial charge in [0, 0.05) is 29.9 Å². The summed E-state index contributed by atoms with van der Waals surface area (Å²) in [5.74, 6) is -0.878. The van der Waals surface area contributed by atoms with Crippen molar-refractivity contribution in [2.24, 2.45) is 0 Å². The number of ether oxygens (including phenoxy) is 1. The second kappa shape index (κ2) is 9.17. The Balaban J connectivity index is 1.55. The number of nitrogens with zero attached hydrogens (tertiary/aromatic N) is 1. The monoisotopic (exact) mass is 472 g/mol. The summed E-state index contributed by atoms with van der Waals surface area (Å²) in [6.45, 7) is 2.02. The molecule has 1 aliphatic rings. The lowest BCUT2D eigenvalue weighted by molar-refractivity contribution is -0.138. The van der Waals surface area contributed by atoms with Crippen molar-refractivity contribution in [3.05, 3.63) is 94.8 Å². The van der Waals surface area contributed by atoms with E-state index in [1.54, 1.807) is 42.2 Å². The number of rotatable bonds is 4. The van der Waals surface area contributed by atoms with E-state index in [9.17, 15) is 27.2 Å². The molecule has 0 saturated carbocycles. The highest BCUT2D eigenvalue weighted by Gasteiger charge is 2.31. The van der Waals surface area contributed by atoms with Crippen LogP contribution >= 0.6 is 0 Å². The van der Waals surface area contributed by atoms with E-state index in [0.29, 0.717) is 17.0 Å². The summed E-state index contributed by atoms with van der Waals surface area (Å²) in [4.78, 5) is 26.9. The van der Waals surface area contributed by atoms with E-state index in [-0.39, 0.29) is 30.4 Å². The molecule has 0 aromatic heterocycles. The number of carbonyl (C=O) groups is 2. The van der Waals surface area contributed by atoms with E-state index in [1.165, 1.54) is 24.3 Å². The molecule has 1 aliphatic heterocycles. The molecule has 0 saturated heterocycles. The van der Waals surface area contributed by atoms with Gasteiger partial charge >= 0.3 is 6.18 Å². The van der Waals surface area contributed by atoms with Crippen molar-refractivity contribution in [2.45, 2.75) is 32.3 Å². The average Bonchev–Trinajstić information content (AvgIpc) is 2.91. The van der Waals surface area contributed by atoms with Gasteiger partial charge in [0.1, 0.15) is 11.6 Å². The molecule has 0 radical (unpaired) electrons. The van der Waals surface area contributed by atoms with Crippen LogP contribution in [0.4, 0.5) is 23.2 Å². The van der Waals surface area contributed by atoms with E-state index in [2.05, 4.69) is 5.32 Å². The highest BCUT2D eigenvalue weighted by molar-refractivity contribution is 6.04. The van der Waals surface area contributed by atoms with E-state index in [1.807, 2.05) is 0 Å². The SMILES string of the molecule is C[C@@H]1Oc2ccc(NC(=O)c3cccc(C(F)(F)F)c3)cc2CN(Cc2ccc(F)cc2)C1=O.